The molecule has 0 fully saturated rings. The quantitative estimate of drug-likeness (QED) is 0.711. The normalized spacial score (nSPS) is 10.8. The Kier molecular flexibility index (Phi) is 2.56. The van der Waals surface area contributed by atoms with Crippen molar-refractivity contribution in [2.24, 2.45) is 0 Å². The van der Waals surface area contributed by atoms with Gasteiger partial charge in [0.2, 0.25) is 0 Å². The third-order valence-corrected chi connectivity index (χ3v) is 3.29. The molecule has 0 bridgehead atoms. The van der Waals surface area contributed by atoms with Crippen LogP contribution in [0, 0.1) is 6.92 Å². The molecule has 0 atom stereocenters. The van der Waals surface area contributed by atoms with Gasteiger partial charge in [-0.2, -0.15) is 0 Å². The van der Waals surface area contributed by atoms with Crippen molar-refractivity contribution < 1.29 is 4.74 Å². The van der Waals surface area contributed by atoms with Crippen molar-refractivity contribution >= 4 is 10.9 Å². The molecule has 0 aliphatic rings. The van der Waals surface area contributed by atoms with Gasteiger partial charge in [0.05, 0.1) is 7.11 Å². The summed E-state index contributed by atoms with van der Waals surface area (Å²) < 4.78 is 5.26. The molecule has 2 heteroatoms. The Bertz CT molecular complexity index is 697. The van der Waals surface area contributed by atoms with Gasteiger partial charge in [0.25, 0.3) is 0 Å². The Balaban J connectivity index is 2.13. The average molecular weight is 237 g/mol. The number of aromatic nitrogens is 1. The lowest BCUT2D eigenvalue weighted by Gasteiger charge is -2.05. The molecule has 3 rings (SSSR count). The lowest BCUT2D eigenvalue weighted by molar-refractivity contribution is 0.415. The van der Waals surface area contributed by atoms with Crippen molar-refractivity contribution in [2.75, 3.05) is 7.11 Å². The second-order valence-corrected chi connectivity index (χ2v) is 4.46. The number of hydrogen-bond acceptors (Lipinski definition) is 1. The van der Waals surface area contributed by atoms with E-state index in [2.05, 4.69) is 42.2 Å². The van der Waals surface area contributed by atoms with Crippen LogP contribution in [-0.2, 0) is 0 Å². The van der Waals surface area contributed by atoms with E-state index in [1.54, 1.807) is 7.11 Å². The Morgan fingerprint density at radius 1 is 1.00 bits per heavy atom. The Hall–Kier alpha value is -2.22. The van der Waals surface area contributed by atoms with Gasteiger partial charge in [0, 0.05) is 17.1 Å². The summed E-state index contributed by atoms with van der Waals surface area (Å²) in [5.41, 5.74) is 4.82. The van der Waals surface area contributed by atoms with E-state index in [0.29, 0.717) is 0 Å². The van der Waals surface area contributed by atoms with Crippen LogP contribution in [0.1, 0.15) is 5.56 Å². The zero-order chi connectivity index (χ0) is 12.5. The molecule has 0 spiro atoms. The van der Waals surface area contributed by atoms with E-state index < -0.39 is 0 Å². The predicted molar refractivity (Wildman–Crippen MR) is 75.0 cm³/mol. The van der Waals surface area contributed by atoms with Crippen molar-refractivity contribution in [3.05, 3.63) is 54.2 Å². The van der Waals surface area contributed by atoms with Crippen molar-refractivity contribution in [1.82, 2.24) is 4.98 Å². The molecule has 0 aliphatic carbocycles. The molecule has 0 unspecified atom stereocenters. The number of benzene rings is 2. The highest BCUT2D eigenvalue weighted by Gasteiger charge is 2.03. The summed E-state index contributed by atoms with van der Waals surface area (Å²) in [6.07, 6.45) is 2.04. The molecule has 0 saturated heterocycles. The molecule has 0 aliphatic heterocycles. The van der Waals surface area contributed by atoms with Gasteiger partial charge in [-0.3, -0.25) is 0 Å². The van der Waals surface area contributed by atoms with E-state index in [4.69, 9.17) is 4.74 Å². The third-order valence-electron chi connectivity index (χ3n) is 3.29. The maximum atomic E-state index is 5.26. The number of methoxy groups -OCH3 is 1. The molecule has 3 aromatic rings. The third kappa shape index (κ3) is 1.76. The summed E-state index contributed by atoms with van der Waals surface area (Å²) in [5.74, 6) is 0.885. The lowest BCUT2D eigenvalue weighted by atomic mass is 10.0. The Morgan fingerprint density at radius 3 is 2.67 bits per heavy atom. The number of H-pyrrole nitrogens is 1. The summed E-state index contributed by atoms with van der Waals surface area (Å²) in [6, 6.07) is 14.6. The van der Waals surface area contributed by atoms with Crippen LogP contribution in [0.2, 0.25) is 0 Å². The number of hydrogen-bond donors (Lipinski definition) is 1. The average Bonchev–Trinajstić information content (AvgIpc) is 2.80. The minimum Gasteiger partial charge on any atom is -0.497 e. The fraction of sp³-hybridized carbons (Fsp3) is 0.125. The number of aryl methyl sites for hydroxylation is 1. The summed E-state index contributed by atoms with van der Waals surface area (Å²) in [4.78, 5) is 3.30. The minimum absolute atomic E-state index is 0.885. The maximum absolute atomic E-state index is 5.26. The van der Waals surface area contributed by atoms with E-state index in [1.165, 1.54) is 27.6 Å². The standard InChI is InChI=1S/C16H15NO/c1-11-10-17-16-9-13(6-7-15(11)16)12-4-3-5-14(8-12)18-2/h3-10,17H,1-2H3. The second-order valence-electron chi connectivity index (χ2n) is 4.46. The summed E-state index contributed by atoms with van der Waals surface area (Å²) in [5, 5.41) is 1.28. The van der Waals surface area contributed by atoms with E-state index in [9.17, 15) is 0 Å². The molecular weight excluding hydrogens is 222 g/mol. The minimum atomic E-state index is 0.885. The van der Waals surface area contributed by atoms with Crippen LogP contribution in [-0.4, -0.2) is 12.1 Å². The SMILES string of the molecule is COc1cccc(-c2ccc3c(C)c[nH]c3c2)c1. The highest BCUT2D eigenvalue weighted by molar-refractivity contribution is 5.87. The summed E-state index contributed by atoms with van der Waals surface area (Å²) in [7, 11) is 1.69. The summed E-state index contributed by atoms with van der Waals surface area (Å²) >= 11 is 0. The topological polar surface area (TPSA) is 25.0 Å². The predicted octanol–water partition coefficient (Wildman–Crippen LogP) is 4.15. The number of fused-ring (bicyclic) bond motifs is 1. The molecule has 1 heterocycles. The molecule has 90 valence electrons. The van der Waals surface area contributed by atoms with Crippen LogP contribution in [0.15, 0.2) is 48.7 Å². The number of aromatic amines is 1. The maximum Gasteiger partial charge on any atom is 0.119 e. The molecular formula is C16H15NO. The molecule has 2 nitrogen and oxygen atoms in total. The molecule has 0 radical (unpaired) electrons. The van der Waals surface area contributed by atoms with Gasteiger partial charge >= 0.3 is 0 Å². The van der Waals surface area contributed by atoms with E-state index in [0.717, 1.165) is 5.75 Å². The molecule has 1 aromatic heterocycles. The monoisotopic (exact) mass is 237 g/mol. The molecule has 0 amide bonds. The summed E-state index contributed by atoms with van der Waals surface area (Å²) in [6.45, 7) is 2.12. The highest BCUT2D eigenvalue weighted by Crippen LogP contribution is 2.27. The van der Waals surface area contributed by atoms with Crippen LogP contribution < -0.4 is 4.74 Å². The van der Waals surface area contributed by atoms with Gasteiger partial charge in [-0.05, 0) is 41.8 Å². The van der Waals surface area contributed by atoms with E-state index >= 15 is 0 Å². The first-order valence-corrected chi connectivity index (χ1v) is 6.00. The van der Waals surface area contributed by atoms with Gasteiger partial charge in [-0.15, -0.1) is 0 Å². The van der Waals surface area contributed by atoms with E-state index in [1.807, 2.05) is 18.3 Å². The molecule has 2 aromatic carbocycles. The van der Waals surface area contributed by atoms with Gasteiger partial charge in [0.1, 0.15) is 5.75 Å². The van der Waals surface area contributed by atoms with Crippen LogP contribution in [0.5, 0.6) is 5.75 Å². The van der Waals surface area contributed by atoms with Crippen molar-refractivity contribution in [1.29, 1.82) is 0 Å². The Labute approximate surface area is 106 Å². The van der Waals surface area contributed by atoms with Crippen molar-refractivity contribution in [3.63, 3.8) is 0 Å². The second kappa shape index (κ2) is 4.22. The van der Waals surface area contributed by atoms with Gasteiger partial charge < -0.3 is 9.72 Å². The van der Waals surface area contributed by atoms with Gasteiger partial charge in [-0.1, -0.05) is 24.3 Å². The first-order chi connectivity index (χ1) is 8.78. The molecule has 18 heavy (non-hydrogen) atoms. The first kappa shape index (κ1) is 10.9. The zero-order valence-corrected chi connectivity index (χ0v) is 10.5. The molecule has 1 N–H and O–H groups in total. The number of rotatable bonds is 2. The van der Waals surface area contributed by atoms with Gasteiger partial charge in [0.15, 0.2) is 0 Å². The van der Waals surface area contributed by atoms with Crippen LogP contribution in [0.25, 0.3) is 22.0 Å². The fourth-order valence-electron chi connectivity index (χ4n) is 2.25. The van der Waals surface area contributed by atoms with Gasteiger partial charge in [-0.25, -0.2) is 0 Å². The first-order valence-electron chi connectivity index (χ1n) is 6.00. The van der Waals surface area contributed by atoms with E-state index in [-0.39, 0.29) is 0 Å². The van der Waals surface area contributed by atoms with Crippen LogP contribution >= 0.6 is 0 Å². The van der Waals surface area contributed by atoms with Crippen LogP contribution in [0.3, 0.4) is 0 Å². The van der Waals surface area contributed by atoms with Crippen LogP contribution in [0.4, 0.5) is 0 Å². The van der Waals surface area contributed by atoms with Crippen molar-refractivity contribution in [3.8, 4) is 16.9 Å². The Morgan fingerprint density at radius 2 is 1.83 bits per heavy atom. The largest absolute Gasteiger partial charge is 0.497 e. The number of nitrogens with one attached hydrogen (secondary N) is 1. The van der Waals surface area contributed by atoms with Crippen molar-refractivity contribution in [2.45, 2.75) is 6.92 Å². The fourth-order valence-corrected chi connectivity index (χ4v) is 2.25. The lowest BCUT2D eigenvalue weighted by Crippen LogP contribution is -1.83. The zero-order valence-electron chi connectivity index (χ0n) is 10.5. The molecule has 0 saturated carbocycles. The smallest absolute Gasteiger partial charge is 0.119 e. The highest BCUT2D eigenvalue weighted by atomic mass is 16.5. The number of ether oxygens (including phenoxy) is 1.